The lowest BCUT2D eigenvalue weighted by molar-refractivity contribution is 0.00578. The smallest absolute Gasteiger partial charge is 0.399 e. The molecule has 1 heterocycles. The van der Waals surface area contributed by atoms with E-state index in [4.69, 9.17) is 9.31 Å². The van der Waals surface area contributed by atoms with Crippen molar-refractivity contribution in [3.63, 3.8) is 0 Å². The van der Waals surface area contributed by atoms with Crippen LogP contribution in [-0.4, -0.2) is 18.3 Å². The molecule has 126 valence electrons. The lowest BCUT2D eigenvalue weighted by atomic mass is 9.78. The zero-order chi connectivity index (χ0) is 17.5. The number of hydrogen-bond donors (Lipinski definition) is 0. The Bertz CT molecular complexity index is 701. The number of hydrogen-bond acceptors (Lipinski definition) is 2. The standard InChI is InChI=1S/C21H27BO2/c1-15(2)18-9-7-8-10-19(18)16-11-13-17(14-12-16)22-23-20(3,4)21(5,6)24-22/h7-15H,1-6H3. The van der Waals surface area contributed by atoms with Gasteiger partial charge in [-0.3, -0.25) is 0 Å². The zero-order valence-corrected chi connectivity index (χ0v) is 15.6. The lowest BCUT2D eigenvalue weighted by Crippen LogP contribution is -2.41. The minimum Gasteiger partial charge on any atom is -0.399 e. The summed E-state index contributed by atoms with van der Waals surface area (Å²) in [6.45, 7) is 12.8. The maximum Gasteiger partial charge on any atom is 0.494 e. The Morgan fingerprint density at radius 1 is 0.792 bits per heavy atom. The van der Waals surface area contributed by atoms with Crippen molar-refractivity contribution in [1.29, 1.82) is 0 Å². The van der Waals surface area contributed by atoms with E-state index in [2.05, 4.69) is 90.1 Å². The molecular weight excluding hydrogens is 295 g/mol. The van der Waals surface area contributed by atoms with Crippen LogP contribution in [-0.2, 0) is 9.31 Å². The van der Waals surface area contributed by atoms with Gasteiger partial charge in [-0.05, 0) is 55.8 Å². The summed E-state index contributed by atoms with van der Waals surface area (Å²) in [6, 6.07) is 17.2. The van der Waals surface area contributed by atoms with Gasteiger partial charge in [0.1, 0.15) is 0 Å². The van der Waals surface area contributed by atoms with Gasteiger partial charge in [0.2, 0.25) is 0 Å². The molecule has 1 aliphatic heterocycles. The third-order valence-corrected chi connectivity index (χ3v) is 5.33. The normalized spacial score (nSPS) is 19.0. The monoisotopic (exact) mass is 322 g/mol. The van der Waals surface area contributed by atoms with E-state index < -0.39 is 0 Å². The molecule has 0 radical (unpaired) electrons. The van der Waals surface area contributed by atoms with E-state index in [-0.39, 0.29) is 18.3 Å². The fraction of sp³-hybridized carbons (Fsp3) is 0.429. The van der Waals surface area contributed by atoms with Gasteiger partial charge in [-0.15, -0.1) is 0 Å². The predicted molar refractivity (Wildman–Crippen MR) is 102 cm³/mol. The fourth-order valence-electron chi connectivity index (χ4n) is 3.06. The Morgan fingerprint density at radius 3 is 1.88 bits per heavy atom. The fourth-order valence-corrected chi connectivity index (χ4v) is 3.06. The van der Waals surface area contributed by atoms with Crippen LogP contribution in [0.5, 0.6) is 0 Å². The van der Waals surface area contributed by atoms with Gasteiger partial charge in [0.05, 0.1) is 11.2 Å². The van der Waals surface area contributed by atoms with E-state index in [0.29, 0.717) is 5.92 Å². The Labute approximate surface area is 146 Å². The van der Waals surface area contributed by atoms with Crippen LogP contribution in [0.3, 0.4) is 0 Å². The van der Waals surface area contributed by atoms with Crippen LogP contribution in [0.25, 0.3) is 11.1 Å². The molecule has 1 fully saturated rings. The van der Waals surface area contributed by atoms with Crippen molar-refractivity contribution in [2.45, 2.75) is 58.7 Å². The van der Waals surface area contributed by atoms with E-state index in [1.807, 2.05) is 0 Å². The summed E-state index contributed by atoms with van der Waals surface area (Å²) in [7, 11) is -0.301. The van der Waals surface area contributed by atoms with Gasteiger partial charge in [0.15, 0.2) is 0 Å². The summed E-state index contributed by atoms with van der Waals surface area (Å²) in [4.78, 5) is 0. The van der Waals surface area contributed by atoms with Crippen LogP contribution in [0.2, 0.25) is 0 Å². The highest BCUT2D eigenvalue weighted by molar-refractivity contribution is 6.62. The first-order valence-corrected chi connectivity index (χ1v) is 8.76. The average molecular weight is 322 g/mol. The summed E-state index contributed by atoms with van der Waals surface area (Å²) in [5.41, 5.74) is 4.37. The van der Waals surface area contributed by atoms with Crippen LogP contribution in [0.4, 0.5) is 0 Å². The highest BCUT2D eigenvalue weighted by Gasteiger charge is 2.51. The second kappa shape index (κ2) is 6.05. The van der Waals surface area contributed by atoms with Crippen LogP contribution >= 0.6 is 0 Å². The molecule has 0 atom stereocenters. The minimum absolute atomic E-state index is 0.301. The second-order valence-corrected chi connectivity index (χ2v) is 7.95. The van der Waals surface area contributed by atoms with E-state index in [1.54, 1.807) is 0 Å². The Hall–Kier alpha value is -1.58. The topological polar surface area (TPSA) is 18.5 Å². The molecule has 3 rings (SSSR count). The molecule has 0 spiro atoms. The SMILES string of the molecule is CC(C)c1ccccc1-c1ccc(B2OC(C)(C)C(C)(C)O2)cc1. The van der Waals surface area contributed by atoms with Gasteiger partial charge in [0.25, 0.3) is 0 Å². The van der Waals surface area contributed by atoms with Crippen molar-refractivity contribution in [3.05, 3.63) is 54.1 Å². The zero-order valence-electron chi connectivity index (χ0n) is 15.6. The first kappa shape index (κ1) is 17.3. The highest BCUT2D eigenvalue weighted by Crippen LogP contribution is 2.36. The molecule has 1 saturated heterocycles. The molecule has 0 unspecified atom stereocenters. The quantitative estimate of drug-likeness (QED) is 0.758. The van der Waals surface area contributed by atoms with Gasteiger partial charge < -0.3 is 9.31 Å². The molecule has 0 N–H and O–H groups in total. The van der Waals surface area contributed by atoms with Gasteiger partial charge in [-0.25, -0.2) is 0 Å². The molecule has 2 aromatic carbocycles. The summed E-state index contributed by atoms with van der Waals surface area (Å²) in [5.74, 6) is 0.504. The number of benzene rings is 2. The van der Waals surface area contributed by atoms with E-state index in [0.717, 1.165) is 5.46 Å². The van der Waals surface area contributed by atoms with Crippen molar-refractivity contribution in [3.8, 4) is 11.1 Å². The molecule has 2 aromatic rings. The number of rotatable bonds is 3. The van der Waals surface area contributed by atoms with Crippen molar-refractivity contribution in [1.82, 2.24) is 0 Å². The van der Waals surface area contributed by atoms with Gasteiger partial charge >= 0.3 is 7.12 Å². The molecular formula is C21H27BO2. The van der Waals surface area contributed by atoms with Gasteiger partial charge in [-0.2, -0.15) is 0 Å². The van der Waals surface area contributed by atoms with Crippen LogP contribution < -0.4 is 5.46 Å². The van der Waals surface area contributed by atoms with Crippen molar-refractivity contribution < 1.29 is 9.31 Å². The first-order chi connectivity index (χ1) is 11.2. The molecule has 0 bridgehead atoms. The Balaban J connectivity index is 1.88. The summed E-state index contributed by atoms with van der Waals surface area (Å²) >= 11 is 0. The van der Waals surface area contributed by atoms with Gasteiger partial charge in [0, 0.05) is 0 Å². The molecule has 3 heteroatoms. The third kappa shape index (κ3) is 3.03. The van der Waals surface area contributed by atoms with Crippen LogP contribution in [0.15, 0.2) is 48.5 Å². The van der Waals surface area contributed by atoms with Gasteiger partial charge in [-0.1, -0.05) is 62.4 Å². The minimum atomic E-state index is -0.305. The predicted octanol–water partition coefficient (Wildman–Crippen LogP) is 4.78. The largest absolute Gasteiger partial charge is 0.494 e. The van der Waals surface area contributed by atoms with Crippen LogP contribution in [0.1, 0.15) is 53.0 Å². The summed E-state index contributed by atoms with van der Waals surface area (Å²) in [6.07, 6.45) is 0. The first-order valence-electron chi connectivity index (χ1n) is 8.76. The Kier molecular flexibility index (Phi) is 4.35. The molecule has 0 amide bonds. The maximum absolute atomic E-state index is 6.14. The van der Waals surface area contributed by atoms with E-state index in [9.17, 15) is 0 Å². The summed E-state index contributed by atoms with van der Waals surface area (Å²) in [5, 5.41) is 0. The molecule has 0 aliphatic carbocycles. The highest BCUT2D eigenvalue weighted by atomic mass is 16.7. The average Bonchev–Trinajstić information content (AvgIpc) is 2.75. The van der Waals surface area contributed by atoms with Crippen LogP contribution in [0, 0.1) is 0 Å². The van der Waals surface area contributed by atoms with E-state index >= 15 is 0 Å². The lowest BCUT2D eigenvalue weighted by Gasteiger charge is -2.32. The molecule has 1 aliphatic rings. The molecule has 2 nitrogen and oxygen atoms in total. The van der Waals surface area contributed by atoms with E-state index in [1.165, 1.54) is 16.7 Å². The molecule has 24 heavy (non-hydrogen) atoms. The van der Waals surface area contributed by atoms with Crippen molar-refractivity contribution in [2.24, 2.45) is 0 Å². The Morgan fingerprint density at radius 2 is 1.33 bits per heavy atom. The van der Waals surface area contributed by atoms with Crippen molar-refractivity contribution in [2.75, 3.05) is 0 Å². The molecule has 0 saturated carbocycles. The van der Waals surface area contributed by atoms with Crippen molar-refractivity contribution >= 4 is 12.6 Å². The molecule has 0 aromatic heterocycles. The third-order valence-electron chi connectivity index (χ3n) is 5.33. The summed E-state index contributed by atoms with van der Waals surface area (Å²) < 4.78 is 12.3. The maximum atomic E-state index is 6.14. The second-order valence-electron chi connectivity index (χ2n) is 7.95.